The fraction of sp³-hybridized carbons (Fsp3) is 0.333. The lowest BCUT2D eigenvalue weighted by Gasteiger charge is -2.21. The Morgan fingerprint density at radius 3 is 2.78 bits per heavy atom. The fourth-order valence-electron chi connectivity index (χ4n) is 3.78. The van der Waals surface area contributed by atoms with Gasteiger partial charge < -0.3 is 10.0 Å². The third-order valence-corrected chi connectivity index (χ3v) is 6.75. The maximum Gasteiger partial charge on any atom is 0.264 e. The highest BCUT2D eigenvalue weighted by Crippen LogP contribution is 2.31. The molecule has 0 aliphatic carbocycles. The zero-order valence-corrected chi connectivity index (χ0v) is 18.4. The van der Waals surface area contributed by atoms with Gasteiger partial charge in [0, 0.05) is 13.6 Å². The van der Waals surface area contributed by atoms with Gasteiger partial charge in [-0.15, -0.1) is 21.5 Å². The van der Waals surface area contributed by atoms with Crippen molar-refractivity contribution in [1.29, 1.82) is 0 Å². The number of aliphatic hydroxyl groups is 1. The van der Waals surface area contributed by atoms with Crippen LogP contribution in [0.25, 0.3) is 10.2 Å². The monoisotopic (exact) mass is 451 g/mol. The predicted molar refractivity (Wildman–Crippen MR) is 118 cm³/mol. The quantitative estimate of drug-likeness (QED) is 0.484. The van der Waals surface area contributed by atoms with Crippen LogP contribution in [-0.4, -0.2) is 59.3 Å². The number of hydrogen-bond donors (Lipinski definition) is 1. The molecule has 0 unspecified atom stereocenters. The van der Waals surface area contributed by atoms with Crippen LogP contribution in [0, 0.1) is 6.92 Å². The highest BCUT2D eigenvalue weighted by atomic mass is 32.1. The van der Waals surface area contributed by atoms with Gasteiger partial charge in [-0.25, -0.2) is 4.98 Å². The average Bonchev–Trinajstić information content (AvgIpc) is 3.38. The van der Waals surface area contributed by atoms with Crippen molar-refractivity contribution in [2.75, 3.05) is 13.6 Å². The summed E-state index contributed by atoms with van der Waals surface area (Å²) in [6.45, 7) is 2.81. The average molecular weight is 452 g/mol. The Morgan fingerprint density at radius 2 is 2.00 bits per heavy atom. The summed E-state index contributed by atoms with van der Waals surface area (Å²) < 4.78 is 1.43. The van der Waals surface area contributed by atoms with E-state index in [0.29, 0.717) is 33.9 Å². The molecule has 0 saturated carbocycles. The molecular weight excluding hydrogens is 430 g/mol. The number of aliphatic hydroxyl groups excluding tert-OH is 1. The summed E-state index contributed by atoms with van der Waals surface area (Å²) in [6.07, 6.45) is 1.30. The molecule has 164 valence electrons. The number of benzene rings is 1. The van der Waals surface area contributed by atoms with Crippen molar-refractivity contribution in [2.24, 2.45) is 0 Å². The molecule has 0 saturated heterocycles. The standard InChI is InChI=1S/C21H21N7O3S/c1-12-3-5-13(6-4-12)15(29)9-28-24-16(23-25-28)10-27-11-22-19-17(20(27)30)14-7-8-26(2)21(31)18(14)32-19/h3-6,11,15,29H,7-10H2,1-2H3/t15-/m0/s1. The van der Waals surface area contributed by atoms with E-state index in [0.717, 1.165) is 16.7 Å². The topological polar surface area (TPSA) is 119 Å². The molecule has 1 aliphatic rings. The number of hydrogen-bond acceptors (Lipinski definition) is 8. The first-order chi connectivity index (χ1) is 15.4. The SMILES string of the molecule is Cc1ccc([C@@H](O)Cn2nnc(Cn3cnc4sc5c(c4c3=O)CCN(C)C5=O)n2)cc1. The minimum absolute atomic E-state index is 0.0723. The maximum atomic E-state index is 13.1. The molecule has 4 aromatic rings. The highest BCUT2D eigenvalue weighted by Gasteiger charge is 2.28. The molecule has 0 fully saturated rings. The van der Waals surface area contributed by atoms with Gasteiger partial charge in [0.25, 0.3) is 11.5 Å². The number of carbonyl (C=O) groups excluding carboxylic acids is 1. The fourth-order valence-corrected chi connectivity index (χ4v) is 4.95. The summed E-state index contributed by atoms with van der Waals surface area (Å²) in [5.41, 5.74) is 2.43. The lowest BCUT2D eigenvalue weighted by Crippen LogP contribution is -2.33. The van der Waals surface area contributed by atoms with Crippen LogP contribution in [0.3, 0.4) is 0 Å². The van der Waals surface area contributed by atoms with E-state index in [4.69, 9.17) is 0 Å². The third-order valence-electron chi connectivity index (χ3n) is 5.62. The van der Waals surface area contributed by atoms with Crippen molar-refractivity contribution in [3.05, 3.63) is 68.3 Å². The summed E-state index contributed by atoms with van der Waals surface area (Å²) in [5.74, 6) is 0.265. The van der Waals surface area contributed by atoms with Crippen molar-refractivity contribution < 1.29 is 9.90 Å². The molecule has 5 rings (SSSR count). The number of likely N-dealkylation sites (N-methyl/N-ethyl adjacent to an activating group) is 1. The first kappa shape index (κ1) is 20.5. The van der Waals surface area contributed by atoms with Crippen molar-refractivity contribution in [2.45, 2.75) is 32.5 Å². The Morgan fingerprint density at radius 1 is 1.22 bits per heavy atom. The summed E-state index contributed by atoms with van der Waals surface area (Å²) in [7, 11) is 1.76. The Kier molecular flexibility index (Phi) is 5.06. The van der Waals surface area contributed by atoms with Gasteiger partial charge in [0.15, 0.2) is 5.82 Å². The number of thiophene rings is 1. The van der Waals surface area contributed by atoms with Crippen molar-refractivity contribution in [3.63, 3.8) is 0 Å². The summed E-state index contributed by atoms with van der Waals surface area (Å²) in [6, 6.07) is 7.59. The minimum atomic E-state index is -0.772. The number of fused-ring (bicyclic) bond motifs is 3. The van der Waals surface area contributed by atoms with E-state index in [1.54, 1.807) is 11.9 Å². The zero-order valence-electron chi connectivity index (χ0n) is 17.6. The lowest BCUT2D eigenvalue weighted by molar-refractivity contribution is 0.0787. The van der Waals surface area contributed by atoms with E-state index >= 15 is 0 Å². The highest BCUT2D eigenvalue weighted by molar-refractivity contribution is 7.20. The van der Waals surface area contributed by atoms with Gasteiger partial charge in [-0.1, -0.05) is 29.8 Å². The third kappa shape index (κ3) is 3.59. The molecule has 10 nitrogen and oxygen atoms in total. The summed E-state index contributed by atoms with van der Waals surface area (Å²) in [4.78, 5) is 34.1. The van der Waals surface area contributed by atoms with Crippen molar-refractivity contribution in [3.8, 4) is 0 Å². The molecule has 11 heteroatoms. The van der Waals surface area contributed by atoms with Crippen LogP contribution in [0.5, 0.6) is 0 Å². The Hall–Kier alpha value is -3.44. The molecule has 1 aliphatic heterocycles. The molecule has 1 atom stereocenters. The number of aromatic nitrogens is 6. The van der Waals surface area contributed by atoms with Crippen molar-refractivity contribution >= 4 is 27.5 Å². The predicted octanol–water partition coefficient (Wildman–Crippen LogP) is 1.16. The van der Waals surface area contributed by atoms with E-state index < -0.39 is 6.10 Å². The lowest BCUT2D eigenvalue weighted by atomic mass is 10.1. The maximum absolute atomic E-state index is 13.1. The van der Waals surface area contributed by atoms with E-state index in [2.05, 4.69) is 20.4 Å². The van der Waals surface area contributed by atoms with Crippen LogP contribution in [0.1, 0.15) is 38.3 Å². The Balaban J connectivity index is 1.38. The van der Waals surface area contributed by atoms with Gasteiger partial charge in [-0.2, -0.15) is 4.80 Å². The van der Waals surface area contributed by atoms with Crippen molar-refractivity contribution in [1.82, 2.24) is 34.7 Å². The van der Waals surface area contributed by atoms with Gasteiger partial charge >= 0.3 is 0 Å². The molecule has 1 aromatic carbocycles. The number of nitrogens with zero attached hydrogens (tertiary/aromatic N) is 7. The molecule has 0 radical (unpaired) electrons. The summed E-state index contributed by atoms with van der Waals surface area (Å²) >= 11 is 1.26. The molecule has 32 heavy (non-hydrogen) atoms. The van der Waals surface area contributed by atoms with Gasteiger partial charge in [-0.3, -0.25) is 14.2 Å². The van der Waals surface area contributed by atoms with E-state index in [-0.39, 0.29) is 24.6 Å². The van der Waals surface area contributed by atoms with Gasteiger partial charge in [0.2, 0.25) is 0 Å². The molecule has 1 amide bonds. The molecular formula is C21H21N7O3S. The van der Waals surface area contributed by atoms with E-state index in [9.17, 15) is 14.7 Å². The number of carbonyl (C=O) groups is 1. The zero-order chi connectivity index (χ0) is 22.4. The largest absolute Gasteiger partial charge is 0.386 e. The van der Waals surface area contributed by atoms with Crippen LogP contribution in [0.2, 0.25) is 0 Å². The normalized spacial score (nSPS) is 14.7. The van der Waals surface area contributed by atoms with E-state index in [1.807, 2.05) is 31.2 Å². The molecule has 3 aromatic heterocycles. The molecule has 0 spiro atoms. The second-order valence-corrected chi connectivity index (χ2v) is 8.93. The molecule has 4 heterocycles. The van der Waals surface area contributed by atoms with Crippen LogP contribution >= 0.6 is 11.3 Å². The van der Waals surface area contributed by atoms with Gasteiger partial charge in [0.05, 0.1) is 29.7 Å². The van der Waals surface area contributed by atoms with Crippen LogP contribution in [-0.2, 0) is 19.5 Å². The van der Waals surface area contributed by atoms with Crippen LogP contribution < -0.4 is 5.56 Å². The second-order valence-electron chi connectivity index (χ2n) is 7.93. The van der Waals surface area contributed by atoms with Crippen LogP contribution in [0.4, 0.5) is 0 Å². The number of tetrazole rings is 1. The number of amides is 1. The Labute approximate surface area is 186 Å². The summed E-state index contributed by atoms with van der Waals surface area (Å²) in [5, 5.41) is 23.2. The molecule has 0 bridgehead atoms. The number of rotatable bonds is 5. The second kappa shape index (κ2) is 7.92. The smallest absolute Gasteiger partial charge is 0.264 e. The van der Waals surface area contributed by atoms with E-state index in [1.165, 1.54) is 27.0 Å². The molecule has 1 N–H and O–H groups in total. The first-order valence-electron chi connectivity index (χ1n) is 10.2. The number of aryl methyl sites for hydroxylation is 1. The van der Waals surface area contributed by atoms with Gasteiger partial charge in [0.1, 0.15) is 10.9 Å². The first-order valence-corrected chi connectivity index (χ1v) is 11.0. The Bertz CT molecular complexity index is 1370. The van der Waals surface area contributed by atoms with Gasteiger partial charge in [-0.05, 0) is 29.7 Å². The minimum Gasteiger partial charge on any atom is -0.386 e. The van der Waals surface area contributed by atoms with Crippen LogP contribution in [0.15, 0.2) is 35.4 Å².